The molecule has 2 aromatic heterocycles. The number of hydrogen-bond donors (Lipinski definition) is 3. The van der Waals surface area contributed by atoms with E-state index in [2.05, 4.69) is 51.5 Å². The lowest BCUT2D eigenvalue weighted by Crippen LogP contribution is -2.15. The summed E-state index contributed by atoms with van der Waals surface area (Å²) in [5.74, 6) is -0.666. The topological polar surface area (TPSA) is 101 Å². The molecule has 1 atom stereocenters. The zero-order chi connectivity index (χ0) is 24.1. The third-order valence-electron chi connectivity index (χ3n) is 4.59. The molecule has 1 aromatic carbocycles. The van der Waals surface area contributed by atoms with Crippen molar-refractivity contribution in [2.24, 2.45) is 0 Å². The van der Waals surface area contributed by atoms with Gasteiger partial charge in [-0.15, -0.1) is 22.7 Å². The number of anilines is 2. The van der Waals surface area contributed by atoms with E-state index < -0.39 is 12.1 Å². The molecule has 3 N–H and O–H groups in total. The van der Waals surface area contributed by atoms with E-state index in [4.69, 9.17) is 0 Å². The number of hydrogen-bond acceptors (Lipinski definition) is 9. The molecule has 7 nitrogen and oxygen atoms in total. The number of nitrogens with zero attached hydrogens (tertiary/aromatic N) is 1. The van der Waals surface area contributed by atoms with E-state index in [1.807, 2.05) is 12.1 Å². The summed E-state index contributed by atoms with van der Waals surface area (Å²) >= 11 is 2.87. The van der Waals surface area contributed by atoms with E-state index in [0.717, 1.165) is 24.1 Å². The third kappa shape index (κ3) is 8.60. The summed E-state index contributed by atoms with van der Waals surface area (Å²) in [4.78, 5) is 27.7. The number of benzene rings is 1. The van der Waals surface area contributed by atoms with Crippen LogP contribution in [0.15, 0.2) is 41.8 Å². The number of aryl methyl sites for hydroxylation is 1. The van der Waals surface area contributed by atoms with Gasteiger partial charge < -0.3 is 20.5 Å². The maximum atomic E-state index is 11.1. The Bertz CT molecular complexity index is 1000. The lowest BCUT2D eigenvalue weighted by atomic mass is 10.1. The Kier molecular flexibility index (Phi) is 11.6. The second-order valence-corrected chi connectivity index (χ2v) is 9.08. The van der Waals surface area contributed by atoms with Gasteiger partial charge in [-0.2, -0.15) is 0 Å². The average molecular weight is 490 g/mol. The molecule has 33 heavy (non-hydrogen) atoms. The molecule has 0 bridgehead atoms. The van der Waals surface area contributed by atoms with Crippen LogP contribution >= 0.6 is 22.7 Å². The van der Waals surface area contributed by atoms with Gasteiger partial charge >= 0.3 is 5.97 Å². The highest BCUT2D eigenvalue weighted by molar-refractivity contribution is 7.14. The molecule has 0 aliphatic rings. The van der Waals surface area contributed by atoms with Gasteiger partial charge in [-0.1, -0.05) is 31.5 Å². The molecule has 3 rings (SSSR count). The Balaban J connectivity index is 0.000000245. The maximum Gasteiger partial charge on any atom is 0.341 e. The Hall–Kier alpha value is -2.75. The molecule has 0 aliphatic carbocycles. The number of carbonyl (C=O) groups excluding carboxylic acids is 2. The molecule has 0 radical (unpaired) electrons. The van der Waals surface area contributed by atoms with Crippen LogP contribution in [0.25, 0.3) is 0 Å². The van der Waals surface area contributed by atoms with Crippen LogP contribution < -0.4 is 10.6 Å². The van der Waals surface area contributed by atoms with Crippen LogP contribution in [0.3, 0.4) is 0 Å². The van der Waals surface area contributed by atoms with Crippen LogP contribution in [0.2, 0.25) is 0 Å². The van der Waals surface area contributed by atoms with Crippen molar-refractivity contribution in [3.8, 4) is 0 Å². The predicted molar refractivity (Wildman–Crippen MR) is 135 cm³/mol. The first-order chi connectivity index (χ1) is 16.0. The second-order valence-electron chi connectivity index (χ2n) is 7.02. The van der Waals surface area contributed by atoms with Crippen molar-refractivity contribution in [3.63, 3.8) is 0 Å². The van der Waals surface area contributed by atoms with Gasteiger partial charge in [0.25, 0.3) is 0 Å². The van der Waals surface area contributed by atoms with Gasteiger partial charge in [0.1, 0.15) is 0 Å². The minimum atomic E-state index is -1.28. The summed E-state index contributed by atoms with van der Waals surface area (Å²) in [6.07, 6.45) is 3.16. The fourth-order valence-electron chi connectivity index (χ4n) is 2.88. The van der Waals surface area contributed by atoms with Crippen molar-refractivity contribution in [2.75, 3.05) is 24.3 Å². The van der Waals surface area contributed by atoms with Gasteiger partial charge in [0.15, 0.2) is 17.5 Å². The minimum absolute atomic E-state index is 0.249. The normalized spacial score (nSPS) is 11.2. The van der Waals surface area contributed by atoms with Crippen LogP contribution in [0.5, 0.6) is 0 Å². The zero-order valence-electron chi connectivity index (χ0n) is 19.2. The molecule has 0 saturated carbocycles. The number of ether oxygens (including phenoxy) is 1. The molecule has 1 unspecified atom stereocenters. The molecule has 178 valence electrons. The Labute approximate surface area is 202 Å². The summed E-state index contributed by atoms with van der Waals surface area (Å²) in [6, 6.07) is 12.3. The van der Waals surface area contributed by atoms with E-state index in [1.54, 1.807) is 30.7 Å². The molecule has 0 fully saturated rings. The standard InChI is InChI=1S/C16H19NOS.C8H12N2O3S/c1-2-3-6-13-7-4-5-8-16(13)17-11-14-9-10-15(12-18)19-14;1-3-13-7(12)6(11)5-4-14-8(9-2)10-5/h4-5,7-10,12,17H,2-3,6,11H2,1H3;4,6,11H,3H2,1-2H3,(H,9,10). The summed E-state index contributed by atoms with van der Waals surface area (Å²) in [5.41, 5.74) is 2.89. The number of aliphatic hydroxyl groups excluding tert-OH is 1. The van der Waals surface area contributed by atoms with Crippen LogP contribution in [0.1, 0.15) is 58.6 Å². The summed E-state index contributed by atoms with van der Waals surface area (Å²) < 4.78 is 4.66. The third-order valence-corrected chi connectivity index (χ3v) is 6.48. The molecule has 0 spiro atoms. The van der Waals surface area contributed by atoms with E-state index >= 15 is 0 Å². The first-order valence-corrected chi connectivity index (χ1v) is 12.5. The highest BCUT2D eigenvalue weighted by Gasteiger charge is 2.21. The quantitative estimate of drug-likeness (QED) is 0.248. The van der Waals surface area contributed by atoms with Gasteiger partial charge in [-0.25, -0.2) is 9.78 Å². The zero-order valence-corrected chi connectivity index (χ0v) is 20.8. The molecule has 0 amide bonds. The Morgan fingerprint density at radius 3 is 2.67 bits per heavy atom. The first-order valence-electron chi connectivity index (χ1n) is 10.9. The molecule has 2 heterocycles. The van der Waals surface area contributed by atoms with Crippen LogP contribution in [-0.2, 0) is 22.5 Å². The largest absolute Gasteiger partial charge is 0.464 e. The fraction of sp³-hybridized carbons (Fsp3) is 0.375. The summed E-state index contributed by atoms with van der Waals surface area (Å²) in [6.45, 7) is 4.92. The van der Waals surface area contributed by atoms with E-state index in [0.29, 0.717) is 10.8 Å². The second kappa shape index (κ2) is 14.4. The number of unbranched alkanes of at least 4 members (excludes halogenated alkanes) is 1. The van der Waals surface area contributed by atoms with Crippen molar-refractivity contribution in [3.05, 3.63) is 62.8 Å². The highest BCUT2D eigenvalue weighted by Crippen LogP contribution is 2.22. The van der Waals surface area contributed by atoms with Crippen molar-refractivity contribution < 1.29 is 19.4 Å². The number of esters is 1. The number of rotatable bonds is 11. The number of aliphatic hydroxyl groups is 1. The number of nitrogens with one attached hydrogen (secondary N) is 2. The lowest BCUT2D eigenvalue weighted by Gasteiger charge is -2.10. The maximum absolute atomic E-state index is 11.1. The number of thiophene rings is 1. The minimum Gasteiger partial charge on any atom is -0.464 e. The van der Waals surface area contributed by atoms with Crippen molar-refractivity contribution in [1.82, 2.24) is 4.98 Å². The van der Waals surface area contributed by atoms with Crippen LogP contribution in [-0.4, -0.2) is 36.0 Å². The molecule has 3 aromatic rings. The summed E-state index contributed by atoms with van der Waals surface area (Å²) in [5, 5.41) is 18.0. The van der Waals surface area contributed by atoms with Gasteiger partial charge in [0.2, 0.25) is 0 Å². The van der Waals surface area contributed by atoms with E-state index in [1.165, 1.54) is 40.3 Å². The molecular weight excluding hydrogens is 458 g/mol. The number of aromatic nitrogens is 1. The predicted octanol–water partition coefficient (Wildman–Crippen LogP) is 5.30. The van der Waals surface area contributed by atoms with Crippen molar-refractivity contribution >= 4 is 45.7 Å². The monoisotopic (exact) mass is 489 g/mol. The first kappa shape index (κ1) is 26.5. The number of carbonyl (C=O) groups is 2. The van der Waals surface area contributed by atoms with Crippen LogP contribution in [0, 0.1) is 0 Å². The number of aldehydes is 1. The van der Waals surface area contributed by atoms with Gasteiger partial charge in [0, 0.05) is 29.5 Å². The molecule has 0 aliphatic heterocycles. The van der Waals surface area contributed by atoms with Crippen molar-refractivity contribution in [2.45, 2.75) is 45.8 Å². The van der Waals surface area contributed by atoms with Crippen molar-refractivity contribution in [1.29, 1.82) is 0 Å². The Morgan fingerprint density at radius 2 is 2.03 bits per heavy atom. The van der Waals surface area contributed by atoms with Crippen LogP contribution in [0.4, 0.5) is 10.8 Å². The van der Waals surface area contributed by atoms with E-state index in [-0.39, 0.29) is 6.61 Å². The molecule has 0 saturated heterocycles. The summed E-state index contributed by atoms with van der Waals surface area (Å²) in [7, 11) is 1.72. The van der Waals surface area contributed by atoms with Gasteiger partial charge in [-0.3, -0.25) is 4.79 Å². The molecule has 9 heteroatoms. The van der Waals surface area contributed by atoms with Gasteiger partial charge in [-0.05, 0) is 43.5 Å². The average Bonchev–Trinajstić information content (AvgIpc) is 3.51. The SMILES string of the molecule is CCCCc1ccccc1NCc1ccc(C=O)s1.CCOC(=O)C(O)c1csc(NC)n1. The molecular formula is C24H31N3O4S2. The smallest absolute Gasteiger partial charge is 0.341 e. The van der Waals surface area contributed by atoms with E-state index in [9.17, 15) is 14.7 Å². The fourth-order valence-corrected chi connectivity index (χ4v) is 4.34. The number of thiazole rings is 1. The number of para-hydroxylation sites is 1. The Morgan fingerprint density at radius 1 is 1.24 bits per heavy atom. The highest BCUT2D eigenvalue weighted by atomic mass is 32.1. The van der Waals surface area contributed by atoms with Gasteiger partial charge in [0.05, 0.1) is 17.2 Å². The lowest BCUT2D eigenvalue weighted by molar-refractivity contribution is -0.153.